The molecule has 3 heterocycles. The first-order valence-corrected chi connectivity index (χ1v) is 8.04. The number of aromatic nitrogens is 4. The van der Waals surface area contributed by atoms with Crippen LogP contribution < -0.4 is 4.90 Å². The molecule has 2 aromatic rings. The van der Waals surface area contributed by atoms with Gasteiger partial charge in [0.05, 0.1) is 12.4 Å². The van der Waals surface area contributed by atoms with Crippen LogP contribution in [0, 0.1) is 6.92 Å². The molecule has 8 nitrogen and oxygen atoms in total. The monoisotopic (exact) mass is 308 g/mol. The van der Waals surface area contributed by atoms with Crippen molar-refractivity contribution in [2.75, 3.05) is 31.1 Å². The molecule has 0 radical (unpaired) electrons. The van der Waals surface area contributed by atoms with Gasteiger partial charge in [-0.15, -0.1) is 0 Å². The molecule has 2 aromatic heterocycles. The second-order valence-electron chi connectivity index (χ2n) is 4.79. The second kappa shape index (κ2) is 5.41. The number of nitrogens with zero attached hydrogens (tertiary/aromatic N) is 5. The van der Waals surface area contributed by atoms with Gasteiger partial charge in [-0.2, -0.15) is 4.31 Å². The first kappa shape index (κ1) is 14.0. The number of aromatic amines is 1. The summed E-state index contributed by atoms with van der Waals surface area (Å²) in [4.78, 5) is 17.0. The van der Waals surface area contributed by atoms with E-state index < -0.39 is 10.0 Å². The van der Waals surface area contributed by atoms with Crippen molar-refractivity contribution in [3.63, 3.8) is 0 Å². The van der Waals surface area contributed by atoms with Gasteiger partial charge in [0.15, 0.2) is 5.03 Å². The highest BCUT2D eigenvalue weighted by Gasteiger charge is 2.30. The van der Waals surface area contributed by atoms with E-state index in [1.807, 2.05) is 4.90 Å². The Kier molecular flexibility index (Phi) is 3.60. The number of sulfonamides is 1. The quantitative estimate of drug-likeness (QED) is 0.859. The van der Waals surface area contributed by atoms with Crippen LogP contribution in [0.15, 0.2) is 29.8 Å². The molecule has 3 rings (SSSR count). The Balaban J connectivity index is 1.71. The van der Waals surface area contributed by atoms with Crippen LogP contribution in [-0.4, -0.2) is 58.8 Å². The van der Waals surface area contributed by atoms with Gasteiger partial charge in [0.25, 0.3) is 10.0 Å². The van der Waals surface area contributed by atoms with Crippen molar-refractivity contribution in [1.29, 1.82) is 0 Å². The summed E-state index contributed by atoms with van der Waals surface area (Å²) < 4.78 is 26.4. The van der Waals surface area contributed by atoms with Crippen molar-refractivity contribution in [2.24, 2.45) is 0 Å². The lowest BCUT2D eigenvalue weighted by atomic mass is 10.3. The zero-order valence-electron chi connectivity index (χ0n) is 11.6. The fraction of sp³-hybridized carbons (Fsp3) is 0.417. The molecule has 0 bridgehead atoms. The number of H-pyrrole nitrogens is 1. The van der Waals surface area contributed by atoms with E-state index in [9.17, 15) is 8.42 Å². The summed E-state index contributed by atoms with van der Waals surface area (Å²) in [7, 11) is -3.49. The van der Waals surface area contributed by atoms with Crippen LogP contribution >= 0.6 is 0 Å². The summed E-state index contributed by atoms with van der Waals surface area (Å²) in [6.45, 7) is 3.73. The maximum Gasteiger partial charge on any atom is 0.260 e. The molecule has 1 aliphatic rings. The Bertz CT molecular complexity index is 706. The van der Waals surface area contributed by atoms with E-state index >= 15 is 0 Å². The molecule has 1 saturated heterocycles. The normalized spacial score (nSPS) is 17.1. The standard InChI is InChI=1S/C12H16N6O2S/c1-10-15-9-12(16-10)21(19,20)18-6-4-17(5-7-18)11-8-13-2-3-14-11/h2-3,8-9H,4-7H2,1H3,(H,15,16). The fourth-order valence-electron chi connectivity index (χ4n) is 2.28. The van der Waals surface area contributed by atoms with Gasteiger partial charge >= 0.3 is 0 Å². The Morgan fingerprint density at radius 1 is 1.10 bits per heavy atom. The van der Waals surface area contributed by atoms with Crippen molar-refractivity contribution in [1.82, 2.24) is 24.2 Å². The molecule has 1 N–H and O–H groups in total. The first-order chi connectivity index (χ1) is 10.1. The fourth-order valence-corrected chi connectivity index (χ4v) is 3.67. The summed E-state index contributed by atoms with van der Waals surface area (Å²) in [5.41, 5.74) is 0. The third kappa shape index (κ3) is 2.74. The van der Waals surface area contributed by atoms with Crippen molar-refractivity contribution >= 4 is 15.8 Å². The average Bonchev–Trinajstić information content (AvgIpc) is 2.96. The molecule has 112 valence electrons. The molecule has 0 aliphatic carbocycles. The minimum Gasteiger partial charge on any atom is -0.353 e. The highest BCUT2D eigenvalue weighted by Crippen LogP contribution is 2.18. The Labute approximate surface area is 122 Å². The van der Waals surface area contributed by atoms with E-state index in [4.69, 9.17) is 0 Å². The topological polar surface area (TPSA) is 95.1 Å². The first-order valence-electron chi connectivity index (χ1n) is 6.60. The molecule has 0 aromatic carbocycles. The molecule has 1 fully saturated rings. The van der Waals surface area contributed by atoms with Crippen molar-refractivity contribution in [3.8, 4) is 0 Å². The predicted molar refractivity (Wildman–Crippen MR) is 76.3 cm³/mol. The molecular formula is C12H16N6O2S. The lowest BCUT2D eigenvalue weighted by Gasteiger charge is -2.34. The molecule has 0 unspecified atom stereocenters. The van der Waals surface area contributed by atoms with Crippen LogP contribution in [0.4, 0.5) is 5.82 Å². The van der Waals surface area contributed by atoms with Gasteiger partial charge in [-0.1, -0.05) is 0 Å². The van der Waals surface area contributed by atoms with Crippen LogP contribution in [0.25, 0.3) is 0 Å². The molecule has 0 saturated carbocycles. The SMILES string of the molecule is Cc1ncc(S(=O)(=O)N2CCN(c3cnccn3)CC2)[nH]1. The largest absolute Gasteiger partial charge is 0.353 e. The maximum absolute atomic E-state index is 12.5. The van der Waals surface area contributed by atoms with Crippen molar-refractivity contribution in [2.45, 2.75) is 11.9 Å². The van der Waals surface area contributed by atoms with Crippen molar-refractivity contribution < 1.29 is 8.42 Å². The molecule has 21 heavy (non-hydrogen) atoms. The van der Waals surface area contributed by atoms with Gasteiger partial charge in [-0.05, 0) is 6.92 Å². The van der Waals surface area contributed by atoms with Gasteiger partial charge in [0.2, 0.25) is 0 Å². The smallest absolute Gasteiger partial charge is 0.260 e. The predicted octanol–water partition coefficient (Wildman–Crippen LogP) is 0.0190. The van der Waals surface area contributed by atoms with Crippen LogP contribution in [0.5, 0.6) is 0 Å². The molecule has 9 heteroatoms. The summed E-state index contributed by atoms with van der Waals surface area (Å²) in [5.74, 6) is 1.36. The van der Waals surface area contributed by atoms with Crippen LogP contribution in [-0.2, 0) is 10.0 Å². The third-order valence-corrected chi connectivity index (χ3v) is 5.22. The van der Waals surface area contributed by atoms with Gasteiger partial charge in [-0.3, -0.25) is 4.98 Å². The number of hydrogen-bond acceptors (Lipinski definition) is 6. The summed E-state index contributed by atoms with van der Waals surface area (Å²) in [6.07, 6.45) is 6.29. The third-order valence-electron chi connectivity index (χ3n) is 3.41. The second-order valence-corrected chi connectivity index (χ2v) is 6.69. The van der Waals surface area contributed by atoms with Crippen LogP contribution in [0.3, 0.4) is 0 Å². The molecule has 0 spiro atoms. The van der Waals surface area contributed by atoms with E-state index in [2.05, 4.69) is 19.9 Å². The van der Waals surface area contributed by atoms with E-state index in [1.165, 1.54) is 10.5 Å². The minimum absolute atomic E-state index is 0.146. The summed E-state index contributed by atoms with van der Waals surface area (Å²) >= 11 is 0. The van der Waals surface area contributed by atoms with E-state index in [0.29, 0.717) is 32.0 Å². The summed E-state index contributed by atoms with van der Waals surface area (Å²) in [5, 5.41) is 0.146. The van der Waals surface area contributed by atoms with Crippen LogP contribution in [0.2, 0.25) is 0 Å². The Hall–Kier alpha value is -2.00. The zero-order valence-corrected chi connectivity index (χ0v) is 12.4. The average molecular weight is 308 g/mol. The zero-order chi connectivity index (χ0) is 14.9. The summed E-state index contributed by atoms with van der Waals surface area (Å²) in [6, 6.07) is 0. The lowest BCUT2D eigenvalue weighted by Crippen LogP contribution is -2.49. The van der Waals surface area contributed by atoms with Gasteiger partial charge < -0.3 is 9.88 Å². The number of anilines is 1. The molecular weight excluding hydrogens is 292 g/mol. The van der Waals surface area contributed by atoms with E-state index in [1.54, 1.807) is 25.5 Å². The van der Waals surface area contributed by atoms with E-state index in [0.717, 1.165) is 5.82 Å². The Morgan fingerprint density at radius 2 is 1.86 bits per heavy atom. The maximum atomic E-state index is 12.5. The van der Waals surface area contributed by atoms with Crippen molar-refractivity contribution in [3.05, 3.63) is 30.6 Å². The number of hydrogen-bond donors (Lipinski definition) is 1. The van der Waals surface area contributed by atoms with Gasteiger partial charge in [0.1, 0.15) is 11.6 Å². The van der Waals surface area contributed by atoms with Gasteiger partial charge in [0, 0.05) is 38.6 Å². The number of nitrogens with one attached hydrogen (secondary N) is 1. The number of rotatable bonds is 3. The Morgan fingerprint density at radius 3 is 2.43 bits per heavy atom. The molecule has 0 atom stereocenters. The van der Waals surface area contributed by atoms with E-state index in [-0.39, 0.29) is 5.03 Å². The van der Waals surface area contributed by atoms with Gasteiger partial charge in [-0.25, -0.2) is 18.4 Å². The number of piperazine rings is 1. The highest BCUT2D eigenvalue weighted by molar-refractivity contribution is 7.89. The van der Waals surface area contributed by atoms with Crippen LogP contribution in [0.1, 0.15) is 5.82 Å². The minimum atomic E-state index is -3.49. The lowest BCUT2D eigenvalue weighted by molar-refractivity contribution is 0.382. The number of imidazole rings is 1. The molecule has 0 amide bonds. The number of aryl methyl sites for hydroxylation is 1. The molecule has 1 aliphatic heterocycles. The highest BCUT2D eigenvalue weighted by atomic mass is 32.2.